The van der Waals surface area contributed by atoms with Gasteiger partial charge in [0.15, 0.2) is 11.4 Å². The number of aromatic nitrogens is 3. The fourth-order valence-electron chi connectivity index (χ4n) is 2.86. The molecule has 4 rings (SSSR count). The third-order valence-corrected chi connectivity index (χ3v) is 4.48. The van der Waals surface area contributed by atoms with Gasteiger partial charge in [-0.1, -0.05) is 11.6 Å². The predicted molar refractivity (Wildman–Crippen MR) is 97.1 cm³/mol. The first-order valence-electron chi connectivity index (χ1n) is 8.14. The van der Waals surface area contributed by atoms with Crippen molar-refractivity contribution in [3.8, 4) is 12.3 Å². The molecule has 1 aliphatic heterocycles. The summed E-state index contributed by atoms with van der Waals surface area (Å²) in [4.78, 5) is 28.3. The molecule has 7 nitrogen and oxygen atoms in total. The second kappa shape index (κ2) is 6.85. The highest BCUT2D eigenvalue weighted by Crippen LogP contribution is 2.23. The number of carbonyl (C=O) groups excluding carboxylic acids is 1. The van der Waals surface area contributed by atoms with Crippen molar-refractivity contribution in [2.75, 3.05) is 31.1 Å². The molecule has 1 fully saturated rings. The quantitative estimate of drug-likeness (QED) is 0.498. The number of hydrogen-bond donors (Lipinski definition) is 0. The van der Waals surface area contributed by atoms with E-state index in [-0.39, 0.29) is 17.2 Å². The van der Waals surface area contributed by atoms with Gasteiger partial charge in [0.25, 0.3) is 11.9 Å². The van der Waals surface area contributed by atoms with Crippen molar-refractivity contribution in [3.05, 3.63) is 46.6 Å². The van der Waals surface area contributed by atoms with Gasteiger partial charge in [-0.05, 0) is 24.1 Å². The number of nitrogens with zero attached hydrogens (tertiary/aromatic N) is 5. The number of rotatable bonds is 2. The maximum absolute atomic E-state index is 13.8. The number of anilines is 1. The molecule has 1 aliphatic rings. The fraction of sp³-hybridized carbons (Fsp3) is 0.222. The van der Waals surface area contributed by atoms with Gasteiger partial charge < -0.3 is 14.2 Å². The number of carbonyl (C=O) groups is 1. The molecule has 1 amide bonds. The zero-order valence-electron chi connectivity index (χ0n) is 14.0. The SMILES string of the molecule is C#Cc1ncc(C(=O)N2CCN(c3nc4nc(Cl)ccc4o3)CC2)cc1F. The van der Waals surface area contributed by atoms with Crippen LogP contribution in [0.15, 0.2) is 28.8 Å². The maximum atomic E-state index is 13.8. The third kappa shape index (κ3) is 3.29. The van der Waals surface area contributed by atoms with Gasteiger partial charge in [0.05, 0.1) is 5.56 Å². The van der Waals surface area contributed by atoms with Gasteiger partial charge in [-0.15, -0.1) is 6.42 Å². The van der Waals surface area contributed by atoms with Crippen molar-refractivity contribution in [1.82, 2.24) is 19.9 Å². The standard InChI is InChI=1S/C18H13ClFN5O2/c1-2-13-12(20)9-11(10-21-13)17(26)24-5-7-25(8-6-24)18-23-16-14(27-18)3-4-15(19)22-16/h1,3-4,9-10H,5-8H2. The normalized spacial score (nSPS) is 14.4. The van der Waals surface area contributed by atoms with E-state index in [1.807, 2.05) is 4.90 Å². The molecule has 0 atom stereocenters. The molecule has 136 valence electrons. The largest absolute Gasteiger partial charge is 0.422 e. The van der Waals surface area contributed by atoms with Crippen LogP contribution in [0.5, 0.6) is 0 Å². The third-order valence-electron chi connectivity index (χ3n) is 4.27. The molecule has 0 N–H and O–H groups in total. The molecule has 0 spiro atoms. The first-order chi connectivity index (χ1) is 13.0. The lowest BCUT2D eigenvalue weighted by Gasteiger charge is -2.33. The van der Waals surface area contributed by atoms with Gasteiger partial charge in [0.2, 0.25) is 5.65 Å². The van der Waals surface area contributed by atoms with E-state index < -0.39 is 5.82 Å². The maximum Gasteiger partial charge on any atom is 0.300 e. The minimum absolute atomic E-state index is 0.110. The summed E-state index contributed by atoms with van der Waals surface area (Å²) in [5, 5.41) is 0.342. The average Bonchev–Trinajstić information content (AvgIpc) is 3.10. The van der Waals surface area contributed by atoms with Crippen molar-refractivity contribution in [3.63, 3.8) is 0 Å². The van der Waals surface area contributed by atoms with Crippen molar-refractivity contribution < 1.29 is 13.6 Å². The molecular weight excluding hydrogens is 373 g/mol. The highest BCUT2D eigenvalue weighted by atomic mass is 35.5. The Hall–Kier alpha value is -3.18. The molecule has 0 aliphatic carbocycles. The summed E-state index contributed by atoms with van der Waals surface area (Å²) in [5.74, 6) is 1.15. The Morgan fingerprint density at radius 3 is 2.74 bits per heavy atom. The van der Waals surface area contributed by atoms with Crippen LogP contribution in [0.2, 0.25) is 5.15 Å². The van der Waals surface area contributed by atoms with Gasteiger partial charge in [0.1, 0.15) is 10.8 Å². The predicted octanol–water partition coefficient (Wildman–Crippen LogP) is 2.35. The molecule has 0 bridgehead atoms. The molecule has 0 saturated carbocycles. The number of terminal acetylenes is 1. The lowest BCUT2D eigenvalue weighted by atomic mass is 10.2. The molecule has 3 aromatic heterocycles. The number of piperazine rings is 1. The Morgan fingerprint density at radius 1 is 1.26 bits per heavy atom. The highest BCUT2D eigenvalue weighted by molar-refractivity contribution is 6.29. The van der Waals surface area contributed by atoms with Crippen LogP contribution in [0.3, 0.4) is 0 Å². The van der Waals surface area contributed by atoms with Gasteiger partial charge in [-0.25, -0.2) is 14.4 Å². The Bertz CT molecular complexity index is 1070. The fourth-order valence-corrected chi connectivity index (χ4v) is 3.01. The van der Waals surface area contributed by atoms with E-state index in [1.165, 1.54) is 6.20 Å². The molecule has 4 heterocycles. The van der Waals surface area contributed by atoms with Crippen LogP contribution in [-0.2, 0) is 0 Å². The number of amides is 1. The number of hydrogen-bond acceptors (Lipinski definition) is 6. The topological polar surface area (TPSA) is 75.4 Å². The summed E-state index contributed by atoms with van der Waals surface area (Å²) in [5.41, 5.74) is 1.04. The van der Waals surface area contributed by atoms with Crippen LogP contribution in [0.25, 0.3) is 11.2 Å². The minimum Gasteiger partial charge on any atom is -0.422 e. The smallest absolute Gasteiger partial charge is 0.300 e. The summed E-state index contributed by atoms with van der Waals surface area (Å²) in [6.45, 7) is 1.91. The molecule has 0 radical (unpaired) electrons. The van der Waals surface area contributed by atoms with E-state index in [0.717, 1.165) is 6.07 Å². The van der Waals surface area contributed by atoms with E-state index in [2.05, 4.69) is 20.9 Å². The Kier molecular flexibility index (Phi) is 4.38. The zero-order valence-corrected chi connectivity index (χ0v) is 14.8. The molecule has 3 aromatic rings. The zero-order chi connectivity index (χ0) is 19.0. The second-order valence-corrected chi connectivity index (χ2v) is 6.32. The Balaban J connectivity index is 1.45. The molecule has 1 saturated heterocycles. The average molecular weight is 386 g/mol. The van der Waals surface area contributed by atoms with Crippen molar-refractivity contribution in [2.45, 2.75) is 0 Å². The Morgan fingerprint density at radius 2 is 2.04 bits per heavy atom. The van der Waals surface area contributed by atoms with Crippen LogP contribution in [0.4, 0.5) is 10.4 Å². The van der Waals surface area contributed by atoms with E-state index in [4.69, 9.17) is 22.4 Å². The molecule has 0 aromatic carbocycles. The molecule has 0 unspecified atom stereocenters. The summed E-state index contributed by atoms with van der Waals surface area (Å²) in [6.07, 6.45) is 6.44. The molecule has 9 heteroatoms. The summed E-state index contributed by atoms with van der Waals surface area (Å²) in [7, 11) is 0. The van der Waals surface area contributed by atoms with Crippen molar-refractivity contribution >= 4 is 34.8 Å². The summed E-state index contributed by atoms with van der Waals surface area (Å²) in [6, 6.07) is 4.89. The van der Waals surface area contributed by atoms with Crippen LogP contribution in [0, 0.1) is 18.2 Å². The van der Waals surface area contributed by atoms with E-state index in [0.29, 0.717) is 48.6 Å². The van der Waals surface area contributed by atoms with Gasteiger partial charge in [-0.2, -0.15) is 4.98 Å². The second-order valence-electron chi connectivity index (χ2n) is 5.93. The van der Waals surface area contributed by atoms with E-state index in [1.54, 1.807) is 17.0 Å². The first kappa shape index (κ1) is 17.2. The number of pyridine rings is 2. The number of halogens is 2. The van der Waals surface area contributed by atoms with Gasteiger partial charge >= 0.3 is 0 Å². The Labute approximate surface area is 158 Å². The van der Waals surface area contributed by atoms with Crippen LogP contribution in [-0.4, -0.2) is 51.9 Å². The van der Waals surface area contributed by atoms with Crippen LogP contribution < -0.4 is 4.90 Å². The van der Waals surface area contributed by atoms with Gasteiger partial charge in [0, 0.05) is 32.4 Å². The van der Waals surface area contributed by atoms with E-state index in [9.17, 15) is 9.18 Å². The molecular formula is C18H13ClFN5O2. The minimum atomic E-state index is -0.681. The van der Waals surface area contributed by atoms with Crippen LogP contribution >= 0.6 is 11.6 Å². The summed E-state index contributed by atoms with van der Waals surface area (Å²) >= 11 is 5.86. The monoisotopic (exact) mass is 385 g/mol. The van der Waals surface area contributed by atoms with Gasteiger partial charge in [-0.3, -0.25) is 4.79 Å². The first-order valence-corrected chi connectivity index (χ1v) is 8.52. The van der Waals surface area contributed by atoms with Crippen LogP contribution in [0.1, 0.15) is 16.1 Å². The van der Waals surface area contributed by atoms with E-state index >= 15 is 0 Å². The number of fused-ring (bicyclic) bond motifs is 1. The number of oxazole rings is 1. The molecule has 27 heavy (non-hydrogen) atoms. The summed E-state index contributed by atoms with van der Waals surface area (Å²) < 4.78 is 19.5. The lowest BCUT2D eigenvalue weighted by molar-refractivity contribution is 0.0744. The van der Waals surface area contributed by atoms with Crippen molar-refractivity contribution in [1.29, 1.82) is 0 Å². The highest BCUT2D eigenvalue weighted by Gasteiger charge is 2.25. The lowest BCUT2D eigenvalue weighted by Crippen LogP contribution is -2.49. The van der Waals surface area contributed by atoms with Crippen molar-refractivity contribution in [2.24, 2.45) is 0 Å².